The van der Waals surface area contributed by atoms with Crippen LogP contribution >= 0.6 is 11.3 Å². The van der Waals surface area contributed by atoms with E-state index in [1.807, 2.05) is 22.4 Å². The van der Waals surface area contributed by atoms with Crippen LogP contribution < -0.4 is 0 Å². The van der Waals surface area contributed by atoms with Crippen molar-refractivity contribution >= 4 is 17.2 Å². The molecule has 2 atom stereocenters. The maximum Gasteiger partial charge on any atom is 0.416 e. The molecule has 1 aromatic carbocycles. The molecule has 4 rings (SSSR count). The van der Waals surface area contributed by atoms with Gasteiger partial charge in [-0.15, -0.1) is 11.3 Å². The zero-order valence-electron chi connectivity index (χ0n) is 13.5. The van der Waals surface area contributed by atoms with E-state index in [1.165, 1.54) is 17.0 Å². The summed E-state index contributed by atoms with van der Waals surface area (Å²) in [5.41, 5.74) is 0.190. The summed E-state index contributed by atoms with van der Waals surface area (Å²) in [6.45, 7) is 0.650. The van der Waals surface area contributed by atoms with Gasteiger partial charge in [-0.05, 0) is 54.3 Å². The minimum absolute atomic E-state index is 0.0550. The largest absolute Gasteiger partial charge is 0.416 e. The minimum Gasteiger partial charge on any atom is -0.334 e. The second-order valence-electron chi connectivity index (χ2n) is 6.85. The average molecular weight is 365 g/mol. The average Bonchev–Trinajstić information content (AvgIpc) is 3.50. The summed E-state index contributed by atoms with van der Waals surface area (Å²) in [6.07, 6.45) is -1.48. The number of benzene rings is 1. The van der Waals surface area contributed by atoms with Crippen LogP contribution in [0.1, 0.15) is 41.2 Å². The van der Waals surface area contributed by atoms with Crippen LogP contribution in [-0.4, -0.2) is 16.8 Å². The minimum atomic E-state index is -4.32. The van der Waals surface area contributed by atoms with Gasteiger partial charge >= 0.3 is 6.18 Å². The molecular formula is C19H18F3NOS. The molecule has 2 nitrogen and oxygen atoms in total. The Morgan fingerprint density at radius 3 is 2.44 bits per heavy atom. The van der Waals surface area contributed by atoms with Crippen LogP contribution in [0.5, 0.6) is 0 Å². The molecule has 1 amide bonds. The fourth-order valence-electron chi connectivity index (χ4n) is 3.31. The molecule has 132 valence electrons. The predicted molar refractivity (Wildman–Crippen MR) is 90.2 cm³/mol. The van der Waals surface area contributed by atoms with E-state index in [4.69, 9.17) is 0 Å². The quantitative estimate of drug-likeness (QED) is 0.725. The van der Waals surface area contributed by atoms with E-state index in [-0.39, 0.29) is 17.7 Å². The zero-order valence-corrected chi connectivity index (χ0v) is 14.3. The first-order valence-corrected chi connectivity index (χ1v) is 9.31. The van der Waals surface area contributed by atoms with Crippen LogP contribution in [-0.2, 0) is 17.5 Å². The molecule has 6 heteroatoms. The fourth-order valence-corrected chi connectivity index (χ4v) is 4.01. The number of alkyl halides is 3. The molecule has 2 aromatic rings. The number of thiophene rings is 1. The van der Waals surface area contributed by atoms with Gasteiger partial charge in [0, 0.05) is 16.8 Å². The summed E-state index contributed by atoms with van der Waals surface area (Å²) < 4.78 is 38.0. The monoisotopic (exact) mass is 365 g/mol. The molecule has 2 unspecified atom stereocenters. The molecule has 1 aromatic heterocycles. The third-order valence-corrected chi connectivity index (χ3v) is 5.81. The first-order chi connectivity index (χ1) is 11.9. The van der Waals surface area contributed by atoms with Crippen molar-refractivity contribution in [2.45, 2.75) is 43.9 Å². The lowest BCUT2D eigenvalue weighted by Crippen LogP contribution is -2.33. The first-order valence-electron chi connectivity index (χ1n) is 8.43. The molecule has 1 heterocycles. The third kappa shape index (κ3) is 3.59. The van der Waals surface area contributed by atoms with Gasteiger partial charge in [0.05, 0.1) is 12.1 Å². The Morgan fingerprint density at radius 1 is 1.16 bits per heavy atom. The van der Waals surface area contributed by atoms with Crippen LogP contribution in [0.2, 0.25) is 0 Å². The highest BCUT2D eigenvalue weighted by Gasteiger charge is 2.48. The molecule has 0 radical (unpaired) electrons. The van der Waals surface area contributed by atoms with E-state index < -0.39 is 11.7 Å². The number of nitrogens with zero attached hydrogens (tertiary/aromatic N) is 1. The maximum absolute atomic E-state index is 12.9. The lowest BCUT2D eigenvalue weighted by atomic mass is 10.1. The van der Waals surface area contributed by atoms with Crippen LogP contribution in [0.15, 0.2) is 41.8 Å². The van der Waals surface area contributed by atoms with E-state index in [9.17, 15) is 18.0 Å². The molecule has 2 saturated carbocycles. The van der Waals surface area contributed by atoms with Gasteiger partial charge in [-0.3, -0.25) is 4.79 Å². The molecule has 0 N–H and O–H groups in total. The molecule has 0 saturated heterocycles. The van der Waals surface area contributed by atoms with Gasteiger partial charge < -0.3 is 4.90 Å². The second-order valence-corrected chi connectivity index (χ2v) is 7.88. The Balaban J connectivity index is 1.43. The van der Waals surface area contributed by atoms with Crippen LogP contribution in [0.4, 0.5) is 13.2 Å². The highest BCUT2D eigenvalue weighted by molar-refractivity contribution is 7.09. The second kappa shape index (κ2) is 6.16. The van der Waals surface area contributed by atoms with Crippen molar-refractivity contribution in [1.82, 2.24) is 4.90 Å². The van der Waals surface area contributed by atoms with Crippen molar-refractivity contribution in [1.29, 1.82) is 0 Å². The zero-order chi connectivity index (χ0) is 17.6. The Morgan fingerprint density at radius 2 is 1.88 bits per heavy atom. The number of rotatable bonds is 5. The van der Waals surface area contributed by atoms with E-state index >= 15 is 0 Å². The van der Waals surface area contributed by atoms with E-state index in [0.29, 0.717) is 12.6 Å². The lowest BCUT2D eigenvalue weighted by Gasteiger charge is -2.22. The van der Waals surface area contributed by atoms with Crippen molar-refractivity contribution < 1.29 is 18.0 Å². The van der Waals surface area contributed by atoms with Crippen molar-refractivity contribution in [3.8, 4) is 0 Å². The number of hydrogen-bond donors (Lipinski definition) is 0. The number of halogens is 3. The Bertz CT molecular complexity index is 750. The summed E-state index contributed by atoms with van der Waals surface area (Å²) in [7, 11) is 0. The van der Waals surface area contributed by atoms with Gasteiger partial charge in [-0.25, -0.2) is 0 Å². The number of hydrogen-bond acceptors (Lipinski definition) is 2. The molecule has 2 aliphatic carbocycles. The fraction of sp³-hybridized carbons (Fsp3) is 0.421. The Labute approximate surface area is 148 Å². The normalized spacial score (nSPS) is 22.7. The van der Waals surface area contributed by atoms with Gasteiger partial charge in [0.2, 0.25) is 5.91 Å². The molecule has 0 aliphatic heterocycles. The summed E-state index contributed by atoms with van der Waals surface area (Å²) in [6, 6.07) is 9.61. The summed E-state index contributed by atoms with van der Waals surface area (Å²) in [5, 5.41) is 2.01. The van der Waals surface area contributed by atoms with E-state index in [1.54, 1.807) is 11.3 Å². The van der Waals surface area contributed by atoms with Crippen molar-refractivity contribution in [3.05, 3.63) is 57.8 Å². The van der Waals surface area contributed by atoms with Crippen LogP contribution in [0.25, 0.3) is 0 Å². The van der Waals surface area contributed by atoms with Gasteiger partial charge in [-0.2, -0.15) is 13.2 Å². The number of carbonyl (C=O) groups excluding carboxylic acids is 1. The number of carbonyl (C=O) groups is 1. The summed E-state index contributed by atoms with van der Waals surface area (Å²) in [4.78, 5) is 16.0. The van der Waals surface area contributed by atoms with Gasteiger partial charge in [0.1, 0.15) is 0 Å². The van der Waals surface area contributed by atoms with Gasteiger partial charge in [-0.1, -0.05) is 18.2 Å². The molecule has 25 heavy (non-hydrogen) atoms. The van der Waals surface area contributed by atoms with Gasteiger partial charge in [0.25, 0.3) is 0 Å². The smallest absolute Gasteiger partial charge is 0.334 e. The van der Waals surface area contributed by atoms with Gasteiger partial charge in [0.15, 0.2) is 0 Å². The standard InChI is InChI=1S/C19H18F3NOS/c20-19(21,22)13-5-3-12(4-6-13)16-10-17(16)18(24)23(14-7-8-14)11-15-2-1-9-25-15/h1-6,9,14,16-17H,7-8,10-11H2. The van der Waals surface area contributed by atoms with Crippen LogP contribution in [0.3, 0.4) is 0 Å². The highest BCUT2D eigenvalue weighted by Crippen LogP contribution is 2.50. The first kappa shape index (κ1) is 16.6. The topological polar surface area (TPSA) is 20.3 Å². The lowest BCUT2D eigenvalue weighted by molar-refractivity contribution is -0.137. The van der Waals surface area contributed by atoms with E-state index in [0.717, 1.165) is 37.0 Å². The van der Waals surface area contributed by atoms with Crippen LogP contribution in [0, 0.1) is 5.92 Å². The van der Waals surface area contributed by atoms with Crippen molar-refractivity contribution in [3.63, 3.8) is 0 Å². The Kier molecular flexibility index (Phi) is 4.10. The van der Waals surface area contributed by atoms with E-state index in [2.05, 4.69) is 0 Å². The van der Waals surface area contributed by atoms with Crippen molar-refractivity contribution in [2.75, 3.05) is 0 Å². The third-order valence-electron chi connectivity index (χ3n) is 4.95. The highest BCUT2D eigenvalue weighted by atomic mass is 32.1. The molecule has 2 aliphatic rings. The predicted octanol–water partition coefficient (Wildman–Crippen LogP) is 5.06. The molecular weight excluding hydrogens is 347 g/mol. The molecule has 0 bridgehead atoms. The Hall–Kier alpha value is -1.82. The molecule has 2 fully saturated rings. The SMILES string of the molecule is O=C(C1CC1c1ccc(C(F)(F)F)cc1)N(Cc1cccs1)C1CC1. The molecule has 0 spiro atoms. The van der Waals surface area contributed by atoms with Crippen molar-refractivity contribution in [2.24, 2.45) is 5.92 Å². The number of amides is 1. The summed E-state index contributed by atoms with van der Waals surface area (Å²) in [5.74, 6) is 0.123. The summed E-state index contributed by atoms with van der Waals surface area (Å²) >= 11 is 1.65. The maximum atomic E-state index is 12.9.